The molecule has 2 aromatic carbocycles. The third-order valence-electron chi connectivity index (χ3n) is 3.96. The second-order valence-electron chi connectivity index (χ2n) is 5.48. The van der Waals surface area contributed by atoms with Crippen molar-refractivity contribution in [3.05, 3.63) is 71.8 Å². The van der Waals surface area contributed by atoms with E-state index < -0.39 is 18.4 Å². The second-order valence-corrected chi connectivity index (χ2v) is 5.92. The Hall–Kier alpha value is -2.78. The van der Waals surface area contributed by atoms with Crippen molar-refractivity contribution in [2.45, 2.75) is 12.5 Å². The Morgan fingerprint density at radius 1 is 1.08 bits per heavy atom. The first kappa shape index (κ1) is 17.1. The Labute approximate surface area is 149 Å². The molecule has 1 aliphatic heterocycles. The molecule has 1 aliphatic rings. The molecule has 1 N–H and O–H groups in total. The number of hydrogen-bond donors (Lipinski definition) is 1. The van der Waals surface area contributed by atoms with E-state index in [9.17, 15) is 14.0 Å². The highest BCUT2D eigenvalue weighted by Crippen LogP contribution is 2.38. The van der Waals surface area contributed by atoms with Gasteiger partial charge in [0.05, 0.1) is 11.1 Å². The smallest absolute Gasteiger partial charge is 0.387 e. The number of nitrogens with one attached hydrogen (secondary N) is 1. The topological polar surface area (TPSA) is 45.0 Å². The maximum atomic E-state index is 12.7. The molecule has 0 saturated heterocycles. The number of benzene rings is 2. The minimum atomic E-state index is -2.94. The number of halogens is 2. The van der Waals surface area contributed by atoms with E-state index in [-0.39, 0.29) is 5.75 Å². The molecule has 0 fully saturated rings. The molecule has 3 nitrogen and oxygen atoms in total. The van der Waals surface area contributed by atoms with Crippen LogP contribution in [0.25, 0.3) is 5.70 Å². The first-order valence-corrected chi connectivity index (χ1v) is 8.02. The first-order chi connectivity index (χ1) is 12.1. The van der Waals surface area contributed by atoms with Crippen LogP contribution in [0.1, 0.15) is 17.0 Å². The molecule has 126 valence electrons. The minimum absolute atomic E-state index is 0.0520. The Morgan fingerprint density at radius 3 is 2.44 bits per heavy atom. The van der Waals surface area contributed by atoms with Crippen molar-refractivity contribution in [3.63, 3.8) is 0 Å². The molecule has 0 saturated carbocycles. The van der Waals surface area contributed by atoms with Crippen LogP contribution >= 0.6 is 12.2 Å². The fourth-order valence-corrected chi connectivity index (χ4v) is 3.15. The highest BCUT2D eigenvalue weighted by atomic mass is 32.1. The minimum Gasteiger partial charge on any atom is -0.435 e. The number of hydrogen-bond acceptors (Lipinski definition) is 3. The van der Waals surface area contributed by atoms with Gasteiger partial charge in [-0.05, 0) is 11.6 Å². The van der Waals surface area contributed by atoms with Gasteiger partial charge in [-0.1, -0.05) is 66.8 Å². The molecule has 6 heteroatoms. The maximum Gasteiger partial charge on any atom is 0.387 e. The average Bonchev–Trinajstić information content (AvgIpc) is 2.62. The van der Waals surface area contributed by atoms with Gasteiger partial charge in [-0.2, -0.15) is 14.0 Å². The summed E-state index contributed by atoms with van der Waals surface area (Å²) in [4.78, 5) is 0.362. The molecule has 2 atom stereocenters. The van der Waals surface area contributed by atoms with Crippen molar-refractivity contribution >= 4 is 22.9 Å². The summed E-state index contributed by atoms with van der Waals surface area (Å²) in [6.45, 7) is -2.94. The predicted molar refractivity (Wildman–Crippen MR) is 95.1 cm³/mol. The van der Waals surface area contributed by atoms with Gasteiger partial charge in [0.25, 0.3) is 0 Å². The van der Waals surface area contributed by atoms with Crippen LogP contribution in [0.15, 0.2) is 60.7 Å². The number of thiocarbonyl (C=S) groups is 1. The average molecular weight is 356 g/mol. The molecule has 0 spiro atoms. The molecule has 25 heavy (non-hydrogen) atoms. The molecule has 2 aromatic rings. The molecule has 0 bridgehead atoms. The Balaban J connectivity index is 2.08. The van der Waals surface area contributed by atoms with Gasteiger partial charge in [0, 0.05) is 17.2 Å². The van der Waals surface area contributed by atoms with Gasteiger partial charge in [0.15, 0.2) is 0 Å². The summed E-state index contributed by atoms with van der Waals surface area (Å²) in [6.07, 6.45) is 1.84. The van der Waals surface area contributed by atoms with Gasteiger partial charge in [0.2, 0.25) is 0 Å². The number of rotatable bonds is 4. The molecular formula is C19H14F2N2OS. The zero-order chi connectivity index (χ0) is 17.8. The molecule has 0 amide bonds. The molecule has 0 aliphatic carbocycles. The first-order valence-electron chi connectivity index (χ1n) is 7.61. The van der Waals surface area contributed by atoms with Gasteiger partial charge < -0.3 is 10.1 Å². The molecule has 1 heterocycles. The largest absolute Gasteiger partial charge is 0.435 e. The lowest BCUT2D eigenvalue weighted by Gasteiger charge is -2.29. The van der Waals surface area contributed by atoms with Crippen LogP contribution in [0.4, 0.5) is 8.78 Å². The van der Waals surface area contributed by atoms with Crippen LogP contribution in [0.2, 0.25) is 0 Å². The predicted octanol–water partition coefficient (Wildman–Crippen LogP) is 4.48. The summed E-state index contributed by atoms with van der Waals surface area (Å²) in [6, 6.07) is 18.1. The number of allylic oxidation sites excluding steroid dienone is 1. The Morgan fingerprint density at radius 2 is 1.76 bits per heavy atom. The van der Waals surface area contributed by atoms with Crippen LogP contribution < -0.4 is 10.1 Å². The maximum absolute atomic E-state index is 12.7. The van der Waals surface area contributed by atoms with Crippen LogP contribution in [0.5, 0.6) is 5.75 Å². The summed E-state index contributed by atoms with van der Waals surface area (Å²) >= 11 is 5.35. The van der Waals surface area contributed by atoms with Gasteiger partial charge in [0.1, 0.15) is 11.7 Å². The summed E-state index contributed by atoms with van der Waals surface area (Å²) in [5.74, 6) is -1.09. The lowest BCUT2D eigenvalue weighted by molar-refractivity contribution is -0.0505. The van der Waals surface area contributed by atoms with Crippen LogP contribution in [-0.4, -0.2) is 11.6 Å². The molecular weight excluding hydrogens is 342 g/mol. The van der Waals surface area contributed by atoms with E-state index in [4.69, 9.17) is 12.2 Å². The summed E-state index contributed by atoms with van der Waals surface area (Å²) in [5.41, 5.74) is 2.15. The van der Waals surface area contributed by atoms with Crippen LogP contribution in [-0.2, 0) is 0 Å². The van der Waals surface area contributed by atoms with Gasteiger partial charge >= 0.3 is 6.61 Å². The Kier molecular flexibility index (Phi) is 5.05. The van der Waals surface area contributed by atoms with E-state index in [0.717, 1.165) is 11.3 Å². The van der Waals surface area contributed by atoms with Crippen molar-refractivity contribution < 1.29 is 13.5 Å². The van der Waals surface area contributed by atoms with E-state index in [1.165, 1.54) is 6.07 Å². The third-order valence-corrected chi connectivity index (χ3v) is 4.32. The molecule has 0 aromatic heterocycles. The SMILES string of the molecule is N#CC1C(=S)NC(c2ccccc2)=CC1c1ccccc1OC(F)F. The Bertz CT molecular complexity index is 846. The van der Waals surface area contributed by atoms with E-state index in [1.54, 1.807) is 18.2 Å². The zero-order valence-electron chi connectivity index (χ0n) is 13.0. The highest BCUT2D eigenvalue weighted by molar-refractivity contribution is 7.80. The fraction of sp³-hybridized carbons (Fsp3) is 0.158. The monoisotopic (exact) mass is 356 g/mol. The van der Waals surface area contributed by atoms with Gasteiger partial charge in [-0.25, -0.2) is 0 Å². The number of nitriles is 1. The van der Waals surface area contributed by atoms with Crippen molar-refractivity contribution in [2.75, 3.05) is 0 Å². The summed E-state index contributed by atoms with van der Waals surface area (Å²) in [5, 5.41) is 12.6. The molecule has 3 rings (SSSR count). The highest BCUT2D eigenvalue weighted by Gasteiger charge is 2.32. The van der Waals surface area contributed by atoms with Crippen LogP contribution in [0, 0.1) is 17.2 Å². The lowest BCUT2D eigenvalue weighted by atomic mass is 9.82. The standard InChI is InChI=1S/C19H14F2N2OS/c20-19(21)24-17-9-5-4-8-13(17)14-10-16(12-6-2-1-3-7-12)23-18(25)15(14)11-22/h1-10,14-15,19H,(H,23,25). The second kappa shape index (κ2) is 7.41. The lowest BCUT2D eigenvalue weighted by Crippen LogP contribution is -2.35. The van der Waals surface area contributed by atoms with Crippen molar-refractivity contribution in [1.29, 1.82) is 5.26 Å². The van der Waals surface area contributed by atoms with Crippen LogP contribution in [0.3, 0.4) is 0 Å². The molecule has 0 radical (unpaired) electrons. The number of nitrogens with zero attached hydrogens (tertiary/aromatic N) is 1. The number of para-hydroxylation sites is 1. The molecule has 2 unspecified atom stereocenters. The van der Waals surface area contributed by atoms with E-state index in [0.29, 0.717) is 10.6 Å². The fourth-order valence-electron chi connectivity index (χ4n) is 2.84. The van der Waals surface area contributed by atoms with Gasteiger partial charge in [-0.3, -0.25) is 0 Å². The van der Waals surface area contributed by atoms with E-state index in [1.807, 2.05) is 36.4 Å². The van der Waals surface area contributed by atoms with E-state index >= 15 is 0 Å². The summed E-state index contributed by atoms with van der Waals surface area (Å²) in [7, 11) is 0. The number of ether oxygens (including phenoxy) is 1. The van der Waals surface area contributed by atoms with Gasteiger partial charge in [-0.15, -0.1) is 0 Å². The van der Waals surface area contributed by atoms with Crippen molar-refractivity contribution in [1.82, 2.24) is 5.32 Å². The quantitative estimate of drug-likeness (QED) is 0.820. The normalized spacial score (nSPS) is 19.8. The van der Waals surface area contributed by atoms with Crippen molar-refractivity contribution in [3.8, 4) is 11.8 Å². The van der Waals surface area contributed by atoms with Crippen molar-refractivity contribution in [2.24, 2.45) is 5.92 Å². The zero-order valence-corrected chi connectivity index (χ0v) is 13.8. The third kappa shape index (κ3) is 3.67. The van der Waals surface area contributed by atoms with E-state index in [2.05, 4.69) is 16.1 Å². The number of alkyl halides is 2. The summed E-state index contributed by atoms with van der Waals surface area (Å²) < 4.78 is 30.1.